The zero-order valence-electron chi connectivity index (χ0n) is 14.1. The van der Waals surface area contributed by atoms with Crippen molar-refractivity contribution < 1.29 is 13.2 Å². The van der Waals surface area contributed by atoms with Crippen molar-refractivity contribution in [2.45, 2.75) is 11.3 Å². The second-order valence-corrected chi connectivity index (χ2v) is 8.17. The first-order valence-corrected chi connectivity index (χ1v) is 10.1. The van der Waals surface area contributed by atoms with Gasteiger partial charge in [-0.15, -0.1) is 0 Å². The second kappa shape index (κ2) is 6.79. The lowest BCUT2D eigenvalue weighted by molar-refractivity contribution is 0.0651. The second-order valence-electron chi connectivity index (χ2n) is 6.13. The number of carbonyl (C=O) groups excluding carboxylic acids is 1. The van der Waals surface area contributed by atoms with Crippen LogP contribution in [0.4, 0.5) is 5.82 Å². The molecule has 27 heavy (non-hydrogen) atoms. The molecule has 3 aromatic rings. The smallest absolute Gasteiger partial charge is 0.263 e. The summed E-state index contributed by atoms with van der Waals surface area (Å²) in [4.78, 5) is 22.3. The first-order valence-electron chi connectivity index (χ1n) is 8.28. The molecule has 0 radical (unpaired) electrons. The van der Waals surface area contributed by atoms with Crippen molar-refractivity contribution in [3.05, 3.63) is 59.2 Å². The molecule has 2 heterocycles. The zero-order chi connectivity index (χ0) is 19.0. The van der Waals surface area contributed by atoms with Gasteiger partial charge in [-0.1, -0.05) is 23.7 Å². The van der Waals surface area contributed by atoms with Crippen molar-refractivity contribution in [3.63, 3.8) is 0 Å². The van der Waals surface area contributed by atoms with Crippen LogP contribution >= 0.6 is 11.6 Å². The number of likely N-dealkylation sites (tertiary alicyclic amines) is 1. The Balaban J connectivity index is 1.60. The lowest BCUT2D eigenvalue weighted by atomic mass is 10.1. The monoisotopic (exact) mass is 402 g/mol. The van der Waals surface area contributed by atoms with Crippen molar-refractivity contribution in [1.29, 1.82) is 0 Å². The Morgan fingerprint density at radius 3 is 2.22 bits per heavy atom. The molecule has 0 unspecified atom stereocenters. The van der Waals surface area contributed by atoms with Crippen LogP contribution in [0.5, 0.6) is 0 Å². The van der Waals surface area contributed by atoms with Crippen LogP contribution in [0.25, 0.3) is 11.0 Å². The topological polar surface area (TPSA) is 92.3 Å². The standard InChI is InChI=1S/C18H15ClN4O3S/c19-16-17(21-15-5-2-1-4-14(15)20-16)22-27(25,26)13-8-6-12(7-9-13)18(24)23-10-3-11-23/h1-2,4-9H,3,10-11H2,(H,21,22). The molecule has 1 amide bonds. The highest BCUT2D eigenvalue weighted by atomic mass is 35.5. The highest BCUT2D eigenvalue weighted by molar-refractivity contribution is 7.92. The summed E-state index contributed by atoms with van der Waals surface area (Å²) in [5.74, 6) is -0.141. The van der Waals surface area contributed by atoms with Gasteiger partial charge in [0.15, 0.2) is 11.0 Å². The molecular weight excluding hydrogens is 388 g/mol. The van der Waals surface area contributed by atoms with Crippen molar-refractivity contribution in [2.75, 3.05) is 17.8 Å². The number of halogens is 1. The van der Waals surface area contributed by atoms with Gasteiger partial charge in [-0.05, 0) is 42.8 Å². The molecule has 0 atom stereocenters. The molecule has 1 N–H and O–H groups in total. The Morgan fingerprint density at radius 1 is 1.00 bits per heavy atom. The van der Waals surface area contributed by atoms with Crippen LogP contribution in [-0.2, 0) is 10.0 Å². The van der Waals surface area contributed by atoms with Gasteiger partial charge in [0.05, 0.1) is 15.9 Å². The maximum Gasteiger partial charge on any atom is 0.263 e. The summed E-state index contributed by atoms with van der Waals surface area (Å²) >= 11 is 6.07. The molecule has 4 rings (SSSR count). The van der Waals surface area contributed by atoms with Crippen molar-refractivity contribution in [1.82, 2.24) is 14.9 Å². The number of hydrogen-bond acceptors (Lipinski definition) is 5. The van der Waals surface area contributed by atoms with Gasteiger partial charge in [-0.3, -0.25) is 9.52 Å². The number of sulfonamides is 1. The molecule has 1 saturated heterocycles. The van der Waals surface area contributed by atoms with Gasteiger partial charge in [0.25, 0.3) is 15.9 Å². The number of para-hydroxylation sites is 2. The first kappa shape index (κ1) is 17.7. The van der Waals surface area contributed by atoms with Gasteiger partial charge in [-0.25, -0.2) is 18.4 Å². The van der Waals surface area contributed by atoms with Crippen LogP contribution in [0.1, 0.15) is 16.8 Å². The molecular formula is C18H15ClN4O3S. The van der Waals surface area contributed by atoms with Crippen LogP contribution < -0.4 is 4.72 Å². The minimum absolute atomic E-state index is 0.00804. The largest absolute Gasteiger partial charge is 0.339 e. The lowest BCUT2D eigenvalue weighted by Gasteiger charge is -2.30. The average molecular weight is 403 g/mol. The summed E-state index contributed by atoms with van der Waals surface area (Å²) < 4.78 is 27.6. The first-order chi connectivity index (χ1) is 12.9. The number of nitrogens with zero attached hydrogens (tertiary/aromatic N) is 3. The van der Waals surface area contributed by atoms with E-state index in [2.05, 4.69) is 14.7 Å². The Hall–Kier alpha value is -2.71. The van der Waals surface area contributed by atoms with Crippen LogP contribution in [0.2, 0.25) is 5.15 Å². The summed E-state index contributed by atoms with van der Waals surface area (Å²) in [6.45, 7) is 1.47. The van der Waals surface area contributed by atoms with Crippen LogP contribution in [0, 0.1) is 0 Å². The number of benzene rings is 2. The van der Waals surface area contributed by atoms with E-state index in [0.29, 0.717) is 16.6 Å². The number of rotatable bonds is 4. The Kier molecular flexibility index (Phi) is 4.45. The van der Waals surface area contributed by atoms with E-state index in [1.54, 1.807) is 29.2 Å². The molecule has 9 heteroatoms. The van der Waals surface area contributed by atoms with Gasteiger partial charge in [-0.2, -0.15) is 0 Å². The maximum atomic E-state index is 12.6. The van der Waals surface area contributed by atoms with E-state index in [9.17, 15) is 13.2 Å². The van der Waals surface area contributed by atoms with Gasteiger partial charge in [0.1, 0.15) is 0 Å². The van der Waals surface area contributed by atoms with Gasteiger partial charge in [0.2, 0.25) is 0 Å². The Labute approximate surface area is 161 Å². The van der Waals surface area contributed by atoms with E-state index in [1.165, 1.54) is 24.3 Å². The fraction of sp³-hybridized carbons (Fsp3) is 0.167. The summed E-state index contributed by atoms with van der Waals surface area (Å²) in [6, 6.07) is 12.8. The molecule has 1 aliphatic rings. The lowest BCUT2D eigenvalue weighted by Crippen LogP contribution is -2.42. The maximum absolute atomic E-state index is 12.6. The third-order valence-electron chi connectivity index (χ3n) is 4.31. The Bertz CT molecular complexity index is 1130. The van der Waals surface area contributed by atoms with E-state index in [0.717, 1.165) is 19.5 Å². The SMILES string of the molecule is O=C(c1ccc(S(=O)(=O)Nc2nc3ccccc3nc2Cl)cc1)N1CCC1. The fourth-order valence-electron chi connectivity index (χ4n) is 2.71. The van der Waals surface area contributed by atoms with E-state index < -0.39 is 10.0 Å². The molecule has 138 valence electrons. The summed E-state index contributed by atoms with van der Waals surface area (Å²) in [7, 11) is -3.92. The van der Waals surface area contributed by atoms with Crippen molar-refractivity contribution in [2.24, 2.45) is 0 Å². The molecule has 1 fully saturated rings. The minimum Gasteiger partial charge on any atom is -0.339 e. The van der Waals surface area contributed by atoms with Gasteiger partial charge < -0.3 is 4.90 Å². The summed E-state index contributed by atoms with van der Waals surface area (Å²) in [6.07, 6.45) is 0.996. The van der Waals surface area contributed by atoms with Gasteiger partial charge >= 0.3 is 0 Å². The average Bonchev–Trinajstić information content (AvgIpc) is 2.61. The number of carbonyl (C=O) groups is 1. The Morgan fingerprint density at radius 2 is 1.63 bits per heavy atom. The molecule has 2 aromatic carbocycles. The predicted octanol–water partition coefficient (Wildman–Crippen LogP) is 2.93. The predicted molar refractivity (Wildman–Crippen MR) is 102 cm³/mol. The van der Waals surface area contributed by atoms with Crippen LogP contribution in [0.15, 0.2) is 53.4 Å². The minimum atomic E-state index is -3.92. The number of fused-ring (bicyclic) bond motifs is 1. The van der Waals surface area contributed by atoms with E-state index >= 15 is 0 Å². The number of nitrogens with one attached hydrogen (secondary N) is 1. The quantitative estimate of drug-likeness (QED) is 0.724. The zero-order valence-corrected chi connectivity index (χ0v) is 15.7. The third-order valence-corrected chi connectivity index (χ3v) is 5.93. The third kappa shape index (κ3) is 3.45. The number of amides is 1. The highest BCUT2D eigenvalue weighted by Gasteiger charge is 2.23. The van der Waals surface area contributed by atoms with E-state index in [4.69, 9.17) is 11.6 Å². The highest BCUT2D eigenvalue weighted by Crippen LogP contribution is 2.24. The molecule has 7 nitrogen and oxygen atoms in total. The summed E-state index contributed by atoms with van der Waals surface area (Å²) in [5.41, 5.74) is 1.55. The van der Waals surface area contributed by atoms with Crippen LogP contribution in [-0.4, -0.2) is 42.3 Å². The molecule has 0 bridgehead atoms. The molecule has 1 aliphatic heterocycles. The summed E-state index contributed by atoms with van der Waals surface area (Å²) in [5, 5.41) is -0.0399. The normalized spacial score (nSPS) is 14.0. The van der Waals surface area contributed by atoms with E-state index in [1.807, 2.05) is 0 Å². The van der Waals surface area contributed by atoms with Gasteiger partial charge in [0, 0.05) is 18.7 Å². The molecule has 1 aromatic heterocycles. The number of anilines is 1. The molecule has 0 aliphatic carbocycles. The van der Waals surface area contributed by atoms with Crippen LogP contribution in [0.3, 0.4) is 0 Å². The number of hydrogen-bond donors (Lipinski definition) is 1. The van der Waals surface area contributed by atoms with Crippen molar-refractivity contribution in [3.8, 4) is 0 Å². The molecule has 0 saturated carbocycles. The van der Waals surface area contributed by atoms with E-state index in [-0.39, 0.29) is 21.8 Å². The molecule has 0 spiro atoms. The van der Waals surface area contributed by atoms with Crippen molar-refractivity contribution >= 4 is 44.4 Å². The fourth-order valence-corrected chi connectivity index (χ4v) is 3.95. The number of aromatic nitrogens is 2.